The molecule has 0 spiro atoms. The molecule has 0 radical (unpaired) electrons. The van der Waals surface area contributed by atoms with Gasteiger partial charge in [-0.2, -0.15) is 0 Å². The lowest BCUT2D eigenvalue weighted by Crippen LogP contribution is -2.22. The van der Waals surface area contributed by atoms with Crippen molar-refractivity contribution in [3.8, 4) is 18.1 Å². The summed E-state index contributed by atoms with van der Waals surface area (Å²) in [5.74, 6) is -0.595. The van der Waals surface area contributed by atoms with Crippen LogP contribution in [0.15, 0.2) is 41.8 Å². The molecule has 0 fully saturated rings. The van der Waals surface area contributed by atoms with Crippen LogP contribution >= 0.6 is 22.9 Å². The molecule has 1 amide bonds. The van der Waals surface area contributed by atoms with Gasteiger partial charge < -0.3 is 4.74 Å². The highest BCUT2D eigenvalue weighted by molar-refractivity contribution is 7.14. The number of nitrogens with zero attached hydrogens (tertiary/aromatic N) is 1. The molecule has 0 saturated carbocycles. The average Bonchev–Trinajstić information content (AvgIpc) is 3.17. The van der Waals surface area contributed by atoms with Gasteiger partial charge in [0.15, 0.2) is 16.7 Å². The van der Waals surface area contributed by atoms with E-state index in [1.165, 1.54) is 7.11 Å². The normalized spacial score (nSPS) is 12.7. The zero-order valence-electron chi connectivity index (χ0n) is 15.4. The van der Waals surface area contributed by atoms with E-state index in [-0.39, 0.29) is 10.9 Å². The molecule has 4 nitrogen and oxygen atoms in total. The van der Waals surface area contributed by atoms with Crippen molar-refractivity contribution >= 4 is 34.0 Å². The topological polar surface area (TPSA) is 51.2 Å². The minimum atomic E-state index is -1.09. The maximum absolute atomic E-state index is 14.3. The summed E-state index contributed by atoms with van der Waals surface area (Å²) in [6, 6.07) is 9.08. The lowest BCUT2D eigenvalue weighted by Gasteiger charge is -2.22. The van der Waals surface area contributed by atoms with Crippen LogP contribution in [0, 0.1) is 24.0 Å². The van der Waals surface area contributed by atoms with Crippen molar-refractivity contribution in [1.29, 1.82) is 0 Å². The molecule has 3 aromatic rings. The predicted octanol–water partition coefficient (Wildman–Crippen LogP) is 5.27. The largest absolute Gasteiger partial charge is 0.494 e. The second-order valence-electron chi connectivity index (χ2n) is 6.21. The summed E-state index contributed by atoms with van der Waals surface area (Å²) in [6.45, 7) is 1.80. The van der Waals surface area contributed by atoms with E-state index in [2.05, 4.69) is 16.2 Å². The van der Waals surface area contributed by atoms with Gasteiger partial charge in [-0.15, -0.1) is 17.8 Å². The Morgan fingerprint density at radius 3 is 2.59 bits per heavy atom. The molecule has 8 heteroatoms. The third-order valence-electron chi connectivity index (χ3n) is 4.45. The van der Waals surface area contributed by atoms with Crippen LogP contribution in [0.3, 0.4) is 0 Å². The van der Waals surface area contributed by atoms with Gasteiger partial charge in [-0.25, -0.2) is 13.8 Å². The van der Waals surface area contributed by atoms with E-state index in [0.29, 0.717) is 10.7 Å². The van der Waals surface area contributed by atoms with Gasteiger partial charge in [-0.05, 0) is 36.8 Å². The number of aromatic nitrogens is 1. The Morgan fingerprint density at radius 2 is 1.97 bits per heavy atom. The second-order valence-corrected chi connectivity index (χ2v) is 7.50. The maximum atomic E-state index is 14.3. The molecule has 1 aromatic heterocycles. The number of anilines is 1. The molecule has 148 valence electrons. The Labute approximate surface area is 175 Å². The number of thiazole rings is 1. The van der Waals surface area contributed by atoms with Gasteiger partial charge in [0.05, 0.1) is 18.2 Å². The van der Waals surface area contributed by atoms with Crippen molar-refractivity contribution in [3.05, 3.63) is 75.3 Å². The summed E-state index contributed by atoms with van der Waals surface area (Å²) in [6.07, 6.45) is 5.76. The van der Waals surface area contributed by atoms with Gasteiger partial charge in [0.1, 0.15) is 11.4 Å². The smallest absolute Gasteiger partial charge is 0.263 e. The predicted molar refractivity (Wildman–Crippen MR) is 110 cm³/mol. The van der Waals surface area contributed by atoms with E-state index < -0.39 is 28.5 Å². The number of benzene rings is 2. The number of ether oxygens (including phenoxy) is 1. The first-order valence-electron chi connectivity index (χ1n) is 8.33. The van der Waals surface area contributed by atoms with Gasteiger partial charge in [0.2, 0.25) is 0 Å². The van der Waals surface area contributed by atoms with E-state index >= 15 is 0 Å². The Morgan fingerprint density at radius 1 is 1.28 bits per heavy atom. The molecular formula is C21H15ClF2N2O2S. The van der Waals surface area contributed by atoms with Crippen LogP contribution in [0.1, 0.15) is 28.5 Å². The van der Waals surface area contributed by atoms with Crippen LogP contribution in [0.2, 0.25) is 5.02 Å². The van der Waals surface area contributed by atoms with E-state index in [9.17, 15) is 13.6 Å². The minimum absolute atomic E-state index is 0.155. The SMILES string of the molecule is C#CC(C)(c1ccc(Cl)cc1)c1csc(NC(=O)c2c(F)ccc(OC)c2F)n1. The molecule has 29 heavy (non-hydrogen) atoms. The number of amides is 1. The Bertz CT molecular complexity index is 1110. The van der Waals surface area contributed by atoms with Gasteiger partial charge in [0.25, 0.3) is 5.91 Å². The lowest BCUT2D eigenvalue weighted by atomic mass is 9.81. The third kappa shape index (κ3) is 3.95. The molecule has 2 aromatic carbocycles. The summed E-state index contributed by atoms with van der Waals surface area (Å²) in [5, 5.41) is 4.82. The fourth-order valence-electron chi connectivity index (χ4n) is 2.71. The van der Waals surface area contributed by atoms with Crippen molar-refractivity contribution in [3.63, 3.8) is 0 Å². The molecule has 1 N–H and O–H groups in total. The van der Waals surface area contributed by atoms with Crippen molar-refractivity contribution in [2.24, 2.45) is 0 Å². The Kier molecular flexibility index (Phi) is 5.87. The van der Waals surface area contributed by atoms with E-state index in [1.54, 1.807) is 36.6 Å². The molecule has 3 rings (SSSR count). The molecule has 1 atom stereocenters. The maximum Gasteiger partial charge on any atom is 0.263 e. The highest BCUT2D eigenvalue weighted by Crippen LogP contribution is 2.34. The highest BCUT2D eigenvalue weighted by Gasteiger charge is 2.30. The quantitative estimate of drug-likeness (QED) is 0.558. The van der Waals surface area contributed by atoms with Crippen LogP contribution in [0.4, 0.5) is 13.9 Å². The number of nitrogens with one attached hydrogen (secondary N) is 1. The summed E-state index contributed by atoms with van der Waals surface area (Å²) in [5.41, 5.74) is -0.332. The van der Waals surface area contributed by atoms with Gasteiger partial charge in [0, 0.05) is 10.4 Å². The number of halogens is 3. The fourth-order valence-corrected chi connectivity index (χ4v) is 3.65. The number of terminal acetylenes is 1. The molecule has 0 aliphatic rings. The van der Waals surface area contributed by atoms with Crippen LogP contribution in [0.25, 0.3) is 0 Å². The monoisotopic (exact) mass is 432 g/mol. The average molecular weight is 433 g/mol. The number of methoxy groups -OCH3 is 1. The van der Waals surface area contributed by atoms with Gasteiger partial charge in [-0.3, -0.25) is 10.1 Å². The molecular weight excluding hydrogens is 418 g/mol. The Hall–Kier alpha value is -2.95. The van der Waals surface area contributed by atoms with Gasteiger partial charge >= 0.3 is 0 Å². The third-order valence-corrected chi connectivity index (χ3v) is 5.46. The van der Waals surface area contributed by atoms with Crippen LogP contribution in [-0.4, -0.2) is 18.0 Å². The van der Waals surface area contributed by atoms with Crippen LogP contribution in [-0.2, 0) is 5.41 Å². The van der Waals surface area contributed by atoms with Gasteiger partial charge in [-0.1, -0.05) is 29.7 Å². The van der Waals surface area contributed by atoms with E-state index in [1.807, 2.05) is 0 Å². The zero-order chi connectivity index (χ0) is 21.2. The molecule has 1 unspecified atom stereocenters. The number of hydrogen-bond acceptors (Lipinski definition) is 4. The summed E-state index contributed by atoms with van der Waals surface area (Å²) < 4.78 is 33.1. The fraction of sp³-hybridized carbons (Fsp3) is 0.143. The summed E-state index contributed by atoms with van der Waals surface area (Å²) in [4.78, 5) is 16.8. The lowest BCUT2D eigenvalue weighted by molar-refractivity contribution is 0.101. The van der Waals surface area contributed by atoms with E-state index in [4.69, 9.17) is 22.8 Å². The van der Waals surface area contributed by atoms with Crippen molar-refractivity contribution < 1.29 is 18.3 Å². The van der Waals surface area contributed by atoms with Crippen molar-refractivity contribution in [2.45, 2.75) is 12.3 Å². The van der Waals surface area contributed by atoms with Crippen molar-refractivity contribution in [1.82, 2.24) is 4.98 Å². The number of hydrogen-bond donors (Lipinski definition) is 1. The van der Waals surface area contributed by atoms with Crippen molar-refractivity contribution in [2.75, 3.05) is 12.4 Å². The minimum Gasteiger partial charge on any atom is -0.494 e. The standard InChI is InChI=1S/C21H15ClF2N2O2S/c1-4-21(2,12-5-7-13(22)8-6-12)16-11-29-20(25-16)26-19(27)17-14(23)9-10-15(28-3)18(17)24/h1,5-11H,2-3H3,(H,25,26,27). The summed E-state index contributed by atoms with van der Waals surface area (Å²) >= 11 is 7.03. The molecule has 0 bridgehead atoms. The first-order valence-corrected chi connectivity index (χ1v) is 9.59. The van der Waals surface area contributed by atoms with Crippen LogP contribution < -0.4 is 10.1 Å². The highest BCUT2D eigenvalue weighted by atomic mass is 35.5. The summed E-state index contributed by atoms with van der Waals surface area (Å²) in [7, 11) is 1.22. The molecule has 0 aliphatic carbocycles. The number of rotatable bonds is 5. The molecule has 1 heterocycles. The number of carbonyl (C=O) groups excluding carboxylic acids is 1. The van der Waals surface area contributed by atoms with Crippen LogP contribution in [0.5, 0.6) is 5.75 Å². The first-order chi connectivity index (χ1) is 13.8. The molecule has 0 aliphatic heterocycles. The molecule has 0 saturated heterocycles. The first kappa shape index (κ1) is 20.8. The zero-order valence-corrected chi connectivity index (χ0v) is 17.0. The number of carbonyl (C=O) groups is 1. The second kappa shape index (κ2) is 8.19. The Balaban J connectivity index is 1.90. The van der Waals surface area contributed by atoms with E-state index in [0.717, 1.165) is 29.0 Å².